The predicted molar refractivity (Wildman–Crippen MR) is 108 cm³/mol. The molecule has 0 saturated carbocycles. The Labute approximate surface area is 186 Å². The van der Waals surface area contributed by atoms with Gasteiger partial charge in [-0.05, 0) is 24.3 Å². The zero-order chi connectivity index (χ0) is 23.4. The van der Waals surface area contributed by atoms with Crippen LogP contribution in [0.5, 0.6) is 11.5 Å². The van der Waals surface area contributed by atoms with Gasteiger partial charge in [0.15, 0.2) is 18.1 Å². The first-order valence-corrected chi connectivity index (χ1v) is 9.35. The number of nitrogens with one attached hydrogen (secondary N) is 1. The number of carbonyl (C=O) groups is 4. The number of halogens is 1. The summed E-state index contributed by atoms with van der Waals surface area (Å²) in [7, 11) is 2.53. The molecule has 0 atom stereocenters. The fourth-order valence-corrected chi connectivity index (χ4v) is 3.05. The maximum Gasteiger partial charge on any atom is 0.373 e. The van der Waals surface area contributed by atoms with Crippen molar-refractivity contribution in [3.63, 3.8) is 0 Å². The maximum atomic E-state index is 12.8. The lowest BCUT2D eigenvalue weighted by atomic mass is 10.1. The third-order valence-electron chi connectivity index (χ3n) is 4.23. The molecule has 11 nitrogen and oxygen atoms in total. The number of aliphatic carboxylic acids is 1. The van der Waals surface area contributed by atoms with Crippen molar-refractivity contribution in [2.75, 3.05) is 20.8 Å². The third-order valence-corrected chi connectivity index (χ3v) is 4.45. The topological polar surface area (TPSA) is 145 Å². The van der Waals surface area contributed by atoms with Crippen LogP contribution in [0.1, 0.15) is 21.9 Å². The van der Waals surface area contributed by atoms with Crippen LogP contribution >= 0.6 is 11.6 Å². The predicted octanol–water partition coefficient (Wildman–Crippen LogP) is 2.28. The van der Waals surface area contributed by atoms with Gasteiger partial charge in [-0.2, -0.15) is 0 Å². The fourth-order valence-electron chi connectivity index (χ4n) is 2.84. The Morgan fingerprint density at radius 3 is 2.66 bits per heavy atom. The van der Waals surface area contributed by atoms with Gasteiger partial charge in [-0.3, -0.25) is 9.69 Å². The molecular weight excluding hydrogens is 448 g/mol. The van der Waals surface area contributed by atoms with Crippen molar-refractivity contribution in [1.82, 2.24) is 10.2 Å². The zero-order valence-corrected chi connectivity index (χ0v) is 17.6. The van der Waals surface area contributed by atoms with E-state index in [1.807, 2.05) is 0 Å². The maximum absolute atomic E-state index is 12.8. The summed E-state index contributed by atoms with van der Waals surface area (Å²) in [6.07, 6.45) is 1.29. The van der Waals surface area contributed by atoms with Gasteiger partial charge in [0.1, 0.15) is 11.5 Å². The molecular formula is C20H17ClN2O9. The molecule has 12 heteroatoms. The highest BCUT2D eigenvalue weighted by Gasteiger charge is 2.34. The minimum atomic E-state index is -1.22. The van der Waals surface area contributed by atoms with E-state index in [1.54, 1.807) is 0 Å². The number of benzene rings is 1. The van der Waals surface area contributed by atoms with Crippen LogP contribution in [0.2, 0.25) is 5.02 Å². The molecule has 0 spiro atoms. The summed E-state index contributed by atoms with van der Waals surface area (Å²) in [6.45, 7) is -0.901. The van der Waals surface area contributed by atoms with Crippen LogP contribution < -0.4 is 14.8 Å². The Hall–Kier alpha value is -3.99. The molecule has 2 heterocycles. The largest absolute Gasteiger partial charge is 0.493 e. The van der Waals surface area contributed by atoms with Gasteiger partial charge < -0.3 is 29.1 Å². The Kier molecular flexibility index (Phi) is 6.69. The van der Waals surface area contributed by atoms with E-state index in [4.69, 9.17) is 30.6 Å². The monoisotopic (exact) mass is 464 g/mol. The second-order valence-electron chi connectivity index (χ2n) is 6.35. The van der Waals surface area contributed by atoms with Crippen LogP contribution in [0, 0.1) is 0 Å². The molecule has 0 bridgehead atoms. The summed E-state index contributed by atoms with van der Waals surface area (Å²) in [5.41, 5.74) is 0.103. The number of amides is 3. The lowest BCUT2D eigenvalue weighted by Crippen LogP contribution is -2.30. The number of hydrogen-bond donors (Lipinski definition) is 2. The van der Waals surface area contributed by atoms with Gasteiger partial charge >= 0.3 is 18.0 Å². The molecule has 32 heavy (non-hydrogen) atoms. The highest BCUT2D eigenvalue weighted by atomic mass is 35.5. The number of methoxy groups -OCH3 is 2. The van der Waals surface area contributed by atoms with Crippen LogP contribution in [0.25, 0.3) is 6.08 Å². The van der Waals surface area contributed by atoms with Crippen molar-refractivity contribution in [3.05, 3.63) is 52.1 Å². The summed E-state index contributed by atoms with van der Waals surface area (Å²) in [6, 6.07) is 4.91. The van der Waals surface area contributed by atoms with Crippen molar-refractivity contribution in [3.8, 4) is 11.5 Å². The summed E-state index contributed by atoms with van der Waals surface area (Å²) in [5, 5.41) is 11.6. The van der Waals surface area contributed by atoms with E-state index in [2.05, 4.69) is 10.1 Å². The molecule has 0 aliphatic carbocycles. The number of rotatable bonds is 8. The first-order chi connectivity index (χ1) is 15.2. The molecule has 0 unspecified atom stereocenters. The van der Waals surface area contributed by atoms with E-state index >= 15 is 0 Å². The average Bonchev–Trinajstić information content (AvgIpc) is 3.32. The zero-order valence-electron chi connectivity index (χ0n) is 16.8. The number of nitrogens with zero attached hydrogens (tertiary/aromatic N) is 1. The van der Waals surface area contributed by atoms with Crippen molar-refractivity contribution < 1.29 is 42.9 Å². The molecule has 1 saturated heterocycles. The lowest BCUT2D eigenvalue weighted by Gasteiger charge is -2.13. The molecule has 1 aliphatic heterocycles. The third kappa shape index (κ3) is 4.83. The Bertz CT molecular complexity index is 1120. The highest BCUT2D eigenvalue weighted by molar-refractivity contribution is 6.31. The van der Waals surface area contributed by atoms with E-state index in [-0.39, 0.29) is 45.8 Å². The molecule has 1 aromatic carbocycles. The summed E-state index contributed by atoms with van der Waals surface area (Å²) in [5.74, 6) is -2.32. The van der Waals surface area contributed by atoms with E-state index in [0.717, 1.165) is 4.90 Å². The second kappa shape index (κ2) is 9.43. The minimum Gasteiger partial charge on any atom is -0.493 e. The number of ether oxygens (including phenoxy) is 3. The van der Waals surface area contributed by atoms with Crippen molar-refractivity contribution in [1.29, 1.82) is 0 Å². The van der Waals surface area contributed by atoms with Crippen LogP contribution in [-0.4, -0.2) is 54.7 Å². The van der Waals surface area contributed by atoms with Crippen LogP contribution in [0.3, 0.4) is 0 Å². The summed E-state index contributed by atoms with van der Waals surface area (Å²) >= 11 is 6.08. The Morgan fingerprint density at radius 1 is 1.25 bits per heavy atom. The molecule has 2 aromatic rings. The number of carboxylic acid groups (broad SMARTS) is 1. The van der Waals surface area contributed by atoms with E-state index in [0.29, 0.717) is 0 Å². The molecule has 3 amide bonds. The van der Waals surface area contributed by atoms with Gasteiger partial charge in [0.2, 0.25) is 5.76 Å². The lowest BCUT2D eigenvalue weighted by molar-refractivity contribution is -0.139. The van der Waals surface area contributed by atoms with Gasteiger partial charge in [-0.15, -0.1) is 0 Å². The van der Waals surface area contributed by atoms with Crippen molar-refractivity contribution >= 4 is 41.6 Å². The van der Waals surface area contributed by atoms with Crippen LogP contribution in [0.15, 0.2) is 34.4 Å². The molecule has 3 rings (SSSR count). The molecule has 1 aliphatic rings. The first kappa shape index (κ1) is 22.7. The van der Waals surface area contributed by atoms with Gasteiger partial charge in [0, 0.05) is 16.7 Å². The van der Waals surface area contributed by atoms with Gasteiger partial charge in [0.05, 0.1) is 20.8 Å². The number of imide groups is 1. The first-order valence-electron chi connectivity index (χ1n) is 8.97. The normalized spacial score (nSPS) is 14.5. The van der Waals surface area contributed by atoms with E-state index in [9.17, 15) is 19.2 Å². The van der Waals surface area contributed by atoms with Crippen molar-refractivity contribution in [2.24, 2.45) is 0 Å². The number of carboxylic acids is 1. The molecule has 0 radical (unpaired) electrons. The number of carbonyl (C=O) groups excluding carboxylic acids is 3. The quantitative estimate of drug-likeness (QED) is 0.341. The van der Waals surface area contributed by atoms with Gasteiger partial charge in [0.25, 0.3) is 5.91 Å². The SMILES string of the molecule is COC(=O)c1ccc(CN2C(=O)NC(=Cc3cc(Cl)cc(OC)c3OCC(=O)O)C2=O)o1. The average molecular weight is 465 g/mol. The number of urea groups is 1. The molecule has 1 aromatic heterocycles. The van der Waals surface area contributed by atoms with E-state index in [1.165, 1.54) is 44.6 Å². The van der Waals surface area contributed by atoms with Gasteiger partial charge in [-0.25, -0.2) is 14.4 Å². The Morgan fingerprint density at radius 2 is 2.00 bits per heavy atom. The number of hydrogen-bond acceptors (Lipinski definition) is 8. The standard InChI is InChI=1S/C20H17ClN2O9/c1-29-15-7-11(21)5-10(17(15)31-9-16(24)25)6-13-18(26)23(20(28)22-13)8-12-3-4-14(32-12)19(27)30-2/h3-7H,8-9H2,1-2H3,(H,22,28)(H,24,25). The Balaban J connectivity index is 1.88. The number of furan rings is 1. The smallest absolute Gasteiger partial charge is 0.373 e. The summed E-state index contributed by atoms with van der Waals surface area (Å²) in [4.78, 5) is 48.4. The molecule has 1 fully saturated rings. The van der Waals surface area contributed by atoms with Crippen LogP contribution in [-0.2, 0) is 20.9 Å². The summed E-state index contributed by atoms with van der Waals surface area (Å²) < 4.78 is 20.3. The second-order valence-corrected chi connectivity index (χ2v) is 6.78. The van der Waals surface area contributed by atoms with Crippen molar-refractivity contribution in [2.45, 2.75) is 6.54 Å². The molecule has 2 N–H and O–H groups in total. The van der Waals surface area contributed by atoms with E-state index < -0.39 is 30.5 Å². The fraction of sp³-hybridized carbons (Fsp3) is 0.200. The highest BCUT2D eigenvalue weighted by Crippen LogP contribution is 2.36. The minimum absolute atomic E-state index is 0.0288. The van der Waals surface area contributed by atoms with Crippen LogP contribution in [0.4, 0.5) is 4.79 Å². The van der Waals surface area contributed by atoms with Gasteiger partial charge in [-0.1, -0.05) is 11.6 Å². The number of esters is 1. The molecule has 168 valence electrons.